The molecule has 62 heavy (non-hydrogen) atoms. The minimum atomic E-state index is -0.976. The average molecular weight is 840 g/mol. The van der Waals surface area contributed by atoms with E-state index >= 15 is 0 Å². The van der Waals surface area contributed by atoms with Crippen molar-refractivity contribution in [1.82, 2.24) is 30.6 Å². The Morgan fingerprint density at radius 1 is 0.758 bits per heavy atom. The second-order valence-corrected chi connectivity index (χ2v) is 17.5. The van der Waals surface area contributed by atoms with Crippen molar-refractivity contribution >= 4 is 46.7 Å². The van der Waals surface area contributed by atoms with E-state index in [1.807, 2.05) is 36.4 Å². The number of nitrogen functional groups attached to an aromatic ring is 1. The zero-order valence-corrected chi connectivity index (χ0v) is 34.8. The lowest BCUT2D eigenvalue weighted by atomic mass is 9.71. The first-order valence-corrected chi connectivity index (χ1v) is 21.9. The van der Waals surface area contributed by atoms with Gasteiger partial charge in [0.15, 0.2) is 5.82 Å². The van der Waals surface area contributed by atoms with E-state index in [1.54, 1.807) is 30.3 Å². The number of fused-ring (bicyclic) bond motifs is 1. The molecule has 5 N–H and O–H groups in total. The van der Waals surface area contributed by atoms with Crippen molar-refractivity contribution in [2.75, 3.05) is 67.9 Å². The largest absolute Gasteiger partial charge is 0.507 e. The Labute approximate surface area is 360 Å². The normalized spacial score (nSPS) is 21.2. The Bertz CT molecular complexity index is 2370. The number of nitrogens with two attached hydrogens (primary N) is 1. The molecule has 1 aromatic heterocycles. The van der Waals surface area contributed by atoms with Crippen molar-refractivity contribution in [3.63, 3.8) is 0 Å². The van der Waals surface area contributed by atoms with Crippen molar-refractivity contribution in [2.24, 2.45) is 11.8 Å². The molecular weight excluding hydrogens is 787 g/mol. The molecule has 0 spiro atoms. The number of aromatic nitrogens is 2. The third-order valence-electron chi connectivity index (χ3n) is 13.9. The Hall–Kier alpha value is -6.35. The number of hydrogen-bond acceptors (Lipinski definition) is 12. The van der Waals surface area contributed by atoms with Crippen molar-refractivity contribution in [1.29, 1.82) is 0 Å². The minimum Gasteiger partial charge on any atom is -0.507 e. The van der Waals surface area contributed by atoms with Crippen molar-refractivity contribution in [2.45, 2.75) is 62.8 Å². The summed E-state index contributed by atoms with van der Waals surface area (Å²) in [6.07, 6.45) is 5.53. The molecule has 4 aromatic rings. The van der Waals surface area contributed by atoms with Crippen LogP contribution in [0.3, 0.4) is 0 Å². The SMILES string of the molecule is Nc1nnc(-c2ccccc2O)cc1N1CCC(C(=O)NCC2CCN(CC3CCN(c4ccc5c(c4)C(=O)N(C4CCC(=O)NC4=O)C5=O)CC3)CC2)(c2ccccc2)CC1. The number of piperidine rings is 4. The monoisotopic (exact) mass is 839 g/mol. The summed E-state index contributed by atoms with van der Waals surface area (Å²) in [5.74, 6) is -0.513. The van der Waals surface area contributed by atoms with Gasteiger partial charge in [-0.25, -0.2) is 0 Å². The van der Waals surface area contributed by atoms with Gasteiger partial charge >= 0.3 is 0 Å². The Kier molecular flexibility index (Phi) is 11.4. The number of anilines is 3. The lowest BCUT2D eigenvalue weighted by Crippen LogP contribution is -2.54. The first kappa shape index (κ1) is 41.0. The van der Waals surface area contributed by atoms with Gasteiger partial charge in [0.2, 0.25) is 17.7 Å². The van der Waals surface area contributed by atoms with Crippen LogP contribution in [0.2, 0.25) is 0 Å². The summed E-state index contributed by atoms with van der Waals surface area (Å²) >= 11 is 0. The molecule has 15 nitrogen and oxygen atoms in total. The first-order valence-electron chi connectivity index (χ1n) is 21.9. The number of likely N-dealkylation sites (tertiary alicyclic amines) is 1. The Morgan fingerprint density at radius 3 is 2.18 bits per heavy atom. The fraction of sp³-hybridized carbons (Fsp3) is 0.426. The summed E-state index contributed by atoms with van der Waals surface area (Å²) in [4.78, 5) is 73.0. The highest BCUT2D eigenvalue weighted by molar-refractivity contribution is 6.23. The fourth-order valence-corrected chi connectivity index (χ4v) is 10.2. The third-order valence-corrected chi connectivity index (χ3v) is 13.9. The van der Waals surface area contributed by atoms with E-state index in [1.165, 1.54) is 0 Å². The standard InChI is InChI=1S/C47H53N9O6/c48-42-39(27-37(51-52-42)35-8-4-5-9-40(35)57)55-24-18-47(19-25-55,32-6-2-1-3-7-32)46(62)49-28-30-14-20-53(21-15-30)29-31-16-22-54(23-17-31)33-10-11-34-36(26-33)45(61)56(44(34)60)38-12-13-41(58)50-43(38)59/h1-11,26-27,30-31,38,57H,12-25,28-29H2,(H2,48,52)(H,49,62)(H,50,58,59). The second kappa shape index (κ2) is 17.2. The number of carbonyl (C=O) groups is 5. The van der Waals surface area contributed by atoms with Gasteiger partial charge in [-0.05, 0) is 112 Å². The van der Waals surface area contributed by atoms with Gasteiger partial charge in [-0.1, -0.05) is 42.5 Å². The third kappa shape index (κ3) is 7.96. The lowest BCUT2D eigenvalue weighted by molar-refractivity contribution is -0.136. The van der Waals surface area contributed by atoms with Crippen LogP contribution < -0.4 is 26.2 Å². The number of imide groups is 2. The van der Waals surface area contributed by atoms with Gasteiger partial charge in [0.1, 0.15) is 11.8 Å². The van der Waals surface area contributed by atoms with E-state index in [4.69, 9.17) is 5.73 Å². The van der Waals surface area contributed by atoms with Crippen LogP contribution in [0.5, 0.6) is 5.75 Å². The molecule has 3 aromatic carbocycles. The van der Waals surface area contributed by atoms with Crippen LogP contribution in [-0.2, 0) is 19.8 Å². The van der Waals surface area contributed by atoms with Crippen LogP contribution in [0.25, 0.3) is 11.3 Å². The van der Waals surface area contributed by atoms with Gasteiger partial charge in [0, 0.05) is 56.9 Å². The van der Waals surface area contributed by atoms with Gasteiger partial charge in [-0.3, -0.25) is 34.2 Å². The van der Waals surface area contributed by atoms with Crippen LogP contribution in [0.4, 0.5) is 17.2 Å². The summed E-state index contributed by atoms with van der Waals surface area (Å²) in [5.41, 5.74) is 10.1. The highest BCUT2D eigenvalue weighted by atomic mass is 16.3. The number of phenolic OH excluding ortho intramolecular Hbond substituents is 1. The molecule has 5 aliphatic heterocycles. The number of hydrogen-bond donors (Lipinski definition) is 4. The number of amides is 5. The van der Waals surface area contributed by atoms with Crippen LogP contribution in [0.1, 0.15) is 77.6 Å². The van der Waals surface area contributed by atoms with Gasteiger partial charge < -0.3 is 30.9 Å². The molecule has 0 bridgehead atoms. The molecule has 0 aliphatic carbocycles. The van der Waals surface area contributed by atoms with E-state index in [2.05, 4.69) is 47.7 Å². The molecule has 322 valence electrons. The number of nitrogens with one attached hydrogen (secondary N) is 2. The van der Waals surface area contributed by atoms with Crippen molar-refractivity contribution < 1.29 is 29.1 Å². The van der Waals surface area contributed by atoms with Gasteiger partial charge in [0.25, 0.3) is 11.8 Å². The maximum Gasteiger partial charge on any atom is 0.262 e. The smallest absolute Gasteiger partial charge is 0.262 e. The van der Waals surface area contributed by atoms with Crippen LogP contribution in [-0.4, -0.2) is 113 Å². The number of benzene rings is 3. The maximum absolute atomic E-state index is 14.3. The molecule has 5 aliphatic rings. The summed E-state index contributed by atoms with van der Waals surface area (Å²) in [6, 6.07) is 23.4. The molecule has 9 rings (SSSR count). The molecule has 1 unspecified atom stereocenters. The van der Waals surface area contributed by atoms with Crippen molar-refractivity contribution in [3.8, 4) is 17.0 Å². The Morgan fingerprint density at radius 2 is 1.45 bits per heavy atom. The molecule has 5 amide bonds. The molecule has 1 atom stereocenters. The number of aromatic hydroxyl groups is 1. The molecule has 0 saturated carbocycles. The number of carbonyl (C=O) groups excluding carboxylic acids is 5. The van der Waals surface area contributed by atoms with Gasteiger partial charge in [-0.2, -0.15) is 0 Å². The predicted octanol–water partition coefficient (Wildman–Crippen LogP) is 4.12. The fourth-order valence-electron chi connectivity index (χ4n) is 10.2. The molecule has 6 heterocycles. The number of phenols is 1. The summed E-state index contributed by atoms with van der Waals surface area (Å²) in [6.45, 7) is 6.57. The van der Waals surface area contributed by atoms with E-state index in [-0.39, 0.29) is 24.5 Å². The second-order valence-electron chi connectivity index (χ2n) is 17.5. The maximum atomic E-state index is 14.3. The molecular formula is C47H53N9O6. The van der Waals surface area contributed by atoms with E-state index in [9.17, 15) is 29.1 Å². The minimum absolute atomic E-state index is 0.0687. The summed E-state index contributed by atoms with van der Waals surface area (Å²) < 4.78 is 0. The number of nitrogens with zero attached hydrogens (tertiary/aromatic N) is 6. The molecule has 4 fully saturated rings. The topological polar surface area (TPSA) is 194 Å². The summed E-state index contributed by atoms with van der Waals surface area (Å²) in [7, 11) is 0. The number of rotatable bonds is 10. The summed E-state index contributed by atoms with van der Waals surface area (Å²) in [5, 5.41) is 24.6. The van der Waals surface area contributed by atoms with Gasteiger partial charge in [0.05, 0.1) is 27.9 Å². The van der Waals surface area contributed by atoms with Crippen LogP contribution in [0, 0.1) is 11.8 Å². The lowest BCUT2D eigenvalue weighted by Gasteiger charge is -2.42. The zero-order chi connectivity index (χ0) is 43.0. The van der Waals surface area contributed by atoms with Crippen molar-refractivity contribution in [3.05, 3.63) is 95.6 Å². The Balaban J connectivity index is 0.753. The number of para-hydroxylation sites is 1. The quantitative estimate of drug-likeness (QED) is 0.167. The van der Waals surface area contributed by atoms with Gasteiger partial charge in [-0.15, -0.1) is 10.2 Å². The molecule has 0 radical (unpaired) electrons. The van der Waals surface area contributed by atoms with Crippen LogP contribution >= 0.6 is 0 Å². The average Bonchev–Trinajstić information content (AvgIpc) is 3.54. The molecule has 15 heteroatoms. The molecule has 4 saturated heterocycles. The predicted molar refractivity (Wildman–Crippen MR) is 233 cm³/mol. The van der Waals surface area contributed by atoms with Crippen LogP contribution in [0.15, 0.2) is 78.9 Å². The highest BCUT2D eigenvalue weighted by Gasteiger charge is 2.46. The van der Waals surface area contributed by atoms with E-state index < -0.39 is 35.1 Å². The van der Waals surface area contributed by atoms with E-state index in [0.717, 1.165) is 80.2 Å². The first-order chi connectivity index (χ1) is 30.1. The zero-order valence-electron chi connectivity index (χ0n) is 34.8. The highest BCUT2D eigenvalue weighted by Crippen LogP contribution is 2.40. The van der Waals surface area contributed by atoms with E-state index in [0.29, 0.717) is 72.5 Å².